The highest BCUT2D eigenvalue weighted by Crippen LogP contribution is 2.42. The quantitative estimate of drug-likeness (QED) is 0.156. The van der Waals surface area contributed by atoms with Gasteiger partial charge in [0.25, 0.3) is 27.4 Å². The third kappa shape index (κ3) is 8.40. The molecule has 0 saturated heterocycles. The molecule has 0 amide bonds. The zero-order valence-electron chi connectivity index (χ0n) is 57.6. The molecule has 4 aromatic carbocycles. The maximum Gasteiger partial charge on any atom is 0.402 e. The molecule has 20 heterocycles. The Morgan fingerprint density at radius 1 is 0.333 bits per heavy atom. The van der Waals surface area contributed by atoms with Crippen LogP contribution in [0.3, 0.4) is 0 Å². The largest absolute Gasteiger partial charge is 0.402 e. The van der Waals surface area contributed by atoms with Crippen LogP contribution >= 0.6 is 11.3 Å². The minimum absolute atomic E-state index is 0.599. The molecular weight excluding hydrogens is 1290 g/mol. The maximum atomic E-state index is 8.24. The van der Waals surface area contributed by atoms with Crippen LogP contribution in [0.15, 0.2) is 272 Å². The predicted octanol–water partition coefficient (Wildman–Crippen LogP) is 13.9. The fourth-order valence-corrected chi connectivity index (χ4v) is 16.8. The smallest absolute Gasteiger partial charge is 0.385 e. The van der Waals surface area contributed by atoms with Crippen LogP contribution in [0.1, 0.15) is 26.4 Å². The molecule has 0 saturated carbocycles. The summed E-state index contributed by atoms with van der Waals surface area (Å²) < 4.78 is 53.6. The summed E-state index contributed by atoms with van der Waals surface area (Å²) in [5.41, 5.74) is 26.6. The summed E-state index contributed by atoms with van der Waals surface area (Å²) in [6.45, 7) is 0.707. The Morgan fingerprint density at radius 3 is 1.17 bits per heavy atom. The van der Waals surface area contributed by atoms with E-state index in [2.05, 4.69) is 191 Å². The van der Waals surface area contributed by atoms with Crippen molar-refractivity contribution in [2.24, 2.45) is 14.0 Å². The standard InChI is InChI=1S/C26H18N5.2C21H16N5.C14H8N3OS/c1-3-10-19(11-4-1)30-21-14-8-16-28-23(21)24-26(30)31(20-12-5-2-6-13-20)25-22-18(17-29(24)25)9-7-15-27-22;2*1-24-16-10-6-12-23-18(16)19-21(24)26(15-8-3-2-4-9-15)20-17-14(13-25(19)20)7-5-11-22-17;1-3-8-7-17-12-11-9(4-2-6-16-11)19-14(12)18-13(17)10(8)15-5-1/h1-16H,17H2;2*2-12H,13H2,1H3;1-6H,7H2/q4*+1/i;1D3;;. The number of hydrogen-bond donors (Lipinski definition) is 0. The monoisotopic (exact) mass is 1350 g/mol. The molecule has 0 bridgehead atoms. The minimum atomic E-state index is -2.35. The molecule has 4 aliphatic rings. The van der Waals surface area contributed by atoms with Crippen molar-refractivity contribution in [2.75, 3.05) is 0 Å². The van der Waals surface area contributed by atoms with Gasteiger partial charge in [0.1, 0.15) is 53.2 Å². The summed E-state index contributed by atoms with van der Waals surface area (Å²) in [6.07, 6.45) is 14.6. The van der Waals surface area contributed by atoms with Gasteiger partial charge in [-0.3, -0.25) is 4.57 Å². The third-order valence-corrected chi connectivity index (χ3v) is 21.0. The summed E-state index contributed by atoms with van der Waals surface area (Å²) in [5, 5.41) is 0. The van der Waals surface area contributed by atoms with Gasteiger partial charge in [0.2, 0.25) is 16.6 Å². The van der Waals surface area contributed by atoms with Gasteiger partial charge in [0.15, 0.2) is 34.8 Å². The van der Waals surface area contributed by atoms with Crippen LogP contribution in [0.4, 0.5) is 0 Å². The highest BCUT2D eigenvalue weighted by atomic mass is 32.1. The molecule has 102 heavy (non-hydrogen) atoms. The summed E-state index contributed by atoms with van der Waals surface area (Å²) in [4.78, 5) is 38.0. The summed E-state index contributed by atoms with van der Waals surface area (Å²) in [5.74, 6) is 3.95. The molecule has 20 heteroatoms. The lowest BCUT2D eigenvalue weighted by Crippen LogP contribution is -2.31. The number of para-hydroxylation sites is 4. The molecular formula is C82H58N18OS+4. The Hall–Kier alpha value is -13.5. The first-order valence-corrected chi connectivity index (χ1v) is 34.5. The lowest BCUT2D eigenvalue weighted by atomic mass is 10.2. The average molecular weight is 1350 g/mol. The summed E-state index contributed by atoms with van der Waals surface area (Å²) in [7, 11) is 2.11. The van der Waals surface area contributed by atoms with Gasteiger partial charge in [-0.1, -0.05) is 102 Å². The number of hydrogen-bond acceptors (Lipinski definition) is 10. The number of aryl methyl sites for hydroxylation is 2. The maximum absolute atomic E-state index is 8.24. The van der Waals surface area contributed by atoms with Crippen LogP contribution in [0.25, 0.3) is 156 Å². The Labute approximate surface area is 588 Å². The van der Waals surface area contributed by atoms with Crippen molar-refractivity contribution in [3.8, 4) is 68.9 Å². The molecule has 0 aliphatic carbocycles. The number of aromatic nitrogens is 18. The first-order valence-electron chi connectivity index (χ1n) is 35.2. The second-order valence-electron chi connectivity index (χ2n) is 25.6. The van der Waals surface area contributed by atoms with Gasteiger partial charge in [0.05, 0.1) is 26.8 Å². The van der Waals surface area contributed by atoms with Gasteiger partial charge in [-0.25, -0.2) is 53.6 Å². The van der Waals surface area contributed by atoms with Crippen LogP contribution in [0, 0.1) is 0 Å². The number of imidazole rings is 3. The Morgan fingerprint density at radius 2 is 0.686 bits per heavy atom. The lowest BCUT2D eigenvalue weighted by Gasteiger charge is -2.08. The Balaban J connectivity index is 0.0000000913. The molecule has 0 unspecified atom stereocenters. The number of thiophene rings is 1. The number of pyridine rings is 8. The van der Waals surface area contributed by atoms with Crippen LogP contribution in [-0.4, -0.2) is 67.3 Å². The van der Waals surface area contributed by atoms with E-state index in [0.29, 0.717) is 23.2 Å². The lowest BCUT2D eigenvalue weighted by molar-refractivity contribution is -0.648. The second-order valence-corrected chi connectivity index (χ2v) is 26.6. The molecule has 484 valence electrons. The molecule has 0 spiro atoms. The SMILES string of the molecule is Cn1c2cccnc2c2c1n(-c1ccccc1)c1[n+]2Cc2cccnc2-1.[2H]C([2H])([2H])n1c2cccnc2c2c1n(-c1ccccc1)c1[n+]2Cc2cccnc2-1.c1ccc(-n2c3[n+](c4c5ncccc5n(-c5ccccc5)c42)Cc2cccnc2-3)cc1.c1cnc2c(c1)C[n+]1c-2oc2sc3cccnc3c21. The fourth-order valence-electron chi connectivity index (χ4n) is 15.8. The van der Waals surface area contributed by atoms with E-state index in [1.165, 1.54) is 26.8 Å². The van der Waals surface area contributed by atoms with Gasteiger partial charge in [-0.05, 0) is 127 Å². The second kappa shape index (κ2) is 22.5. The van der Waals surface area contributed by atoms with Crippen LogP contribution in [-0.2, 0) is 40.2 Å². The van der Waals surface area contributed by atoms with Crippen molar-refractivity contribution in [2.45, 2.75) is 26.2 Å². The van der Waals surface area contributed by atoms with E-state index in [9.17, 15) is 0 Å². The number of rotatable bonds is 4. The Bertz CT molecular complexity index is 6930. The van der Waals surface area contributed by atoms with Crippen molar-refractivity contribution in [3.05, 3.63) is 290 Å². The van der Waals surface area contributed by atoms with Crippen molar-refractivity contribution < 1.29 is 26.8 Å². The number of benzene rings is 4. The molecule has 20 aromatic rings. The molecule has 16 aromatic heterocycles. The van der Waals surface area contributed by atoms with Gasteiger partial charge < -0.3 is 13.6 Å². The van der Waals surface area contributed by atoms with E-state index in [0.717, 1.165) is 159 Å². The van der Waals surface area contributed by atoms with E-state index in [4.69, 9.17) is 28.5 Å². The summed E-state index contributed by atoms with van der Waals surface area (Å²) >= 11 is 1.64. The van der Waals surface area contributed by atoms with E-state index in [1.54, 1.807) is 29.8 Å². The molecule has 19 nitrogen and oxygen atoms in total. The average Bonchev–Trinajstić information content (AvgIpc) is 1.54. The third-order valence-electron chi connectivity index (χ3n) is 20.0. The zero-order chi connectivity index (χ0) is 69.8. The van der Waals surface area contributed by atoms with Crippen molar-refractivity contribution in [3.63, 3.8) is 0 Å². The topological polar surface area (TPSA) is 161 Å². The van der Waals surface area contributed by atoms with Gasteiger partial charge in [-0.15, -0.1) is 4.57 Å². The van der Waals surface area contributed by atoms with Crippen molar-refractivity contribution >= 4 is 98.6 Å². The van der Waals surface area contributed by atoms with Crippen molar-refractivity contribution in [1.82, 2.24) is 67.3 Å². The minimum Gasteiger partial charge on any atom is -0.385 e. The number of nitrogens with zero attached hydrogens (tertiary/aromatic N) is 18. The first-order chi connectivity index (χ1) is 51.7. The normalized spacial score (nSPS) is 13.2. The molecule has 0 atom stereocenters. The van der Waals surface area contributed by atoms with Crippen LogP contribution in [0.5, 0.6) is 0 Å². The fraction of sp³-hybridized carbons (Fsp3) is 0.0732. The first kappa shape index (κ1) is 54.5. The van der Waals surface area contributed by atoms with Crippen LogP contribution < -0.4 is 18.3 Å². The van der Waals surface area contributed by atoms with Crippen molar-refractivity contribution in [1.29, 1.82) is 0 Å². The van der Waals surface area contributed by atoms with E-state index in [1.807, 2.05) is 127 Å². The predicted molar refractivity (Wildman–Crippen MR) is 393 cm³/mol. The van der Waals surface area contributed by atoms with Gasteiger partial charge >= 0.3 is 23.4 Å². The molecule has 0 radical (unpaired) electrons. The molecule has 0 fully saturated rings. The molecule has 4 aliphatic heterocycles. The van der Waals surface area contributed by atoms with E-state index < -0.39 is 6.98 Å². The summed E-state index contributed by atoms with van der Waals surface area (Å²) in [6, 6.07) is 73.7. The number of fused-ring (bicyclic) bond motifs is 28. The Kier molecular flexibility index (Phi) is 12.1. The number of oxazole rings is 1. The highest BCUT2D eigenvalue weighted by molar-refractivity contribution is 7.25. The zero-order valence-corrected chi connectivity index (χ0v) is 55.4. The van der Waals surface area contributed by atoms with Gasteiger partial charge in [0, 0.05) is 90.1 Å². The molecule has 24 rings (SSSR count). The molecule has 0 N–H and O–H groups in total. The van der Waals surface area contributed by atoms with Crippen LogP contribution in [0.2, 0.25) is 0 Å². The van der Waals surface area contributed by atoms with E-state index >= 15 is 0 Å². The highest BCUT2D eigenvalue weighted by Gasteiger charge is 2.44. The van der Waals surface area contributed by atoms with Gasteiger partial charge in [-0.2, -0.15) is 13.7 Å². The van der Waals surface area contributed by atoms with E-state index in [-0.39, 0.29) is 0 Å².